The quantitative estimate of drug-likeness (QED) is 0.195. The monoisotopic (exact) mass is 503 g/mol. The van der Waals surface area contributed by atoms with Crippen LogP contribution in [-0.2, 0) is 17.6 Å². The molecule has 1 aliphatic carbocycles. The van der Waals surface area contributed by atoms with Crippen molar-refractivity contribution in [2.24, 2.45) is 5.10 Å². The molecule has 0 radical (unpaired) electrons. The van der Waals surface area contributed by atoms with Crippen molar-refractivity contribution < 1.29 is 23.7 Å². The third-order valence-electron chi connectivity index (χ3n) is 6.33. The summed E-state index contributed by atoms with van der Waals surface area (Å²) < 4.78 is 11.7. The summed E-state index contributed by atoms with van der Waals surface area (Å²) in [6, 6.07) is 11.6. The zero-order valence-electron chi connectivity index (χ0n) is 21.3. The van der Waals surface area contributed by atoms with Gasteiger partial charge in [-0.3, -0.25) is 14.9 Å². The number of aryl methyl sites for hydroxylation is 2. The average Bonchev–Trinajstić information content (AvgIpc) is 3.20. The molecular weight excluding hydrogens is 474 g/mol. The van der Waals surface area contributed by atoms with Gasteiger partial charge in [0.05, 0.1) is 17.1 Å². The van der Waals surface area contributed by atoms with Gasteiger partial charge >= 0.3 is 5.97 Å². The lowest BCUT2D eigenvalue weighted by Crippen LogP contribution is -2.23. The highest BCUT2D eigenvalue weighted by Gasteiger charge is 2.29. The highest BCUT2D eigenvalue weighted by atomic mass is 16.6. The predicted octanol–water partition coefficient (Wildman–Crippen LogP) is 5.55. The molecule has 9 heteroatoms. The Labute approximate surface area is 214 Å². The topological polar surface area (TPSA) is 124 Å². The lowest BCUT2D eigenvalue weighted by Gasteiger charge is -2.13. The van der Waals surface area contributed by atoms with E-state index in [1.807, 2.05) is 39.0 Å². The zero-order valence-corrected chi connectivity index (χ0v) is 21.3. The summed E-state index contributed by atoms with van der Waals surface area (Å²) in [6.07, 6.45) is 2.06. The Balaban J connectivity index is 1.51. The maximum Gasteiger partial charge on any atom is 0.379 e. The number of nitro groups is 1. The van der Waals surface area contributed by atoms with Crippen LogP contribution in [-0.4, -0.2) is 22.5 Å². The maximum absolute atomic E-state index is 13.1. The SMILES string of the molecule is Cc1ccc(C(C)C)c(OC(=O)c2oc3c(c2C)/C(=N/NC(=O)Cc2ccc([N+](=O)[O-])cc2)CCC3)c1. The van der Waals surface area contributed by atoms with Crippen molar-refractivity contribution in [3.05, 3.63) is 91.9 Å². The number of non-ortho nitro benzene ring substituents is 1. The summed E-state index contributed by atoms with van der Waals surface area (Å²) in [7, 11) is 0. The standard InChI is InChI=1S/C28H29N3O6/c1-16(2)21-13-8-17(3)14-24(21)37-28(33)27-18(4)26-22(6-5-7-23(26)36-27)29-30-25(32)15-19-9-11-20(12-10-19)31(34)35/h8-14,16H,5-7,15H2,1-4H3,(H,30,32)/b29-22+. The fourth-order valence-corrected chi connectivity index (χ4v) is 4.42. The van der Waals surface area contributed by atoms with E-state index in [1.165, 1.54) is 12.1 Å². The van der Waals surface area contributed by atoms with Crippen LogP contribution in [0.15, 0.2) is 52.0 Å². The van der Waals surface area contributed by atoms with E-state index in [9.17, 15) is 19.7 Å². The van der Waals surface area contributed by atoms with Crippen LogP contribution in [0.3, 0.4) is 0 Å². The van der Waals surface area contributed by atoms with Gasteiger partial charge in [-0.2, -0.15) is 5.10 Å². The number of amides is 1. The first kappa shape index (κ1) is 25.8. The normalized spacial score (nSPS) is 13.9. The van der Waals surface area contributed by atoms with Crippen LogP contribution >= 0.6 is 0 Å². The second kappa shape index (κ2) is 10.8. The number of nitro benzene ring substituents is 1. The van der Waals surface area contributed by atoms with Crippen LogP contribution in [0, 0.1) is 24.0 Å². The molecular formula is C28H29N3O6. The minimum Gasteiger partial charge on any atom is -0.453 e. The molecule has 9 nitrogen and oxygen atoms in total. The maximum atomic E-state index is 13.1. The van der Waals surface area contributed by atoms with Gasteiger partial charge in [0.1, 0.15) is 11.5 Å². The smallest absolute Gasteiger partial charge is 0.379 e. The lowest BCUT2D eigenvalue weighted by atomic mass is 9.93. The highest BCUT2D eigenvalue weighted by molar-refractivity contribution is 6.06. The van der Waals surface area contributed by atoms with E-state index < -0.39 is 10.9 Å². The number of nitrogens with zero attached hydrogens (tertiary/aromatic N) is 2. The molecule has 1 aliphatic rings. The molecule has 3 aromatic rings. The zero-order chi connectivity index (χ0) is 26.7. The molecule has 0 saturated heterocycles. The molecule has 0 atom stereocenters. The van der Waals surface area contributed by atoms with E-state index in [1.54, 1.807) is 19.1 Å². The van der Waals surface area contributed by atoms with Gasteiger partial charge in [-0.25, -0.2) is 10.2 Å². The molecule has 0 saturated carbocycles. The van der Waals surface area contributed by atoms with Gasteiger partial charge in [-0.05, 0) is 55.4 Å². The van der Waals surface area contributed by atoms with Crippen molar-refractivity contribution in [2.45, 2.75) is 59.3 Å². The Hall–Kier alpha value is -4.27. The Morgan fingerprint density at radius 1 is 1.14 bits per heavy atom. The number of carbonyl (C=O) groups excluding carboxylic acids is 2. The fraction of sp³-hybridized carbons (Fsp3) is 0.321. The second-order valence-electron chi connectivity index (χ2n) is 9.49. The first-order valence-corrected chi connectivity index (χ1v) is 12.2. The molecule has 4 rings (SSSR count). The molecule has 2 aromatic carbocycles. The Morgan fingerprint density at radius 3 is 2.54 bits per heavy atom. The number of furan rings is 1. The third kappa shape index (κ3) is 5.77. The first-order valence-electron chi connectivity index (χ1n) is 12.2. The van der Waals surface area contributed by atoms with Crippen LogP contribution in [0.1, 0.15) is 76.7 Å². The third-order valence-corrected chi connectivity index (χ3v) is 6.33. The van der Waals surface area contributed by atoms with Crippen molar-refractivity contribution >= 4 is 23.3 Å². The number of hydrogen-bond donors (Lipinski definition) is 1. The van der Waals surface area contributed by atoms with Crippen molar-refractivity contribution in [3.8, 4) is 5.75 Å². The van der Waals surface area contributed by atoms with E-state index in [-0.39, 0.29) is 29.7 Å². The Morgan fingerprint density at radius 2 is 1.86 bits per heavy atom. The summed E-state index contributed by atoms with van der Waals surface area (Å²) in [5.74, 6) is 0.556. The molecule has 1 N–H and O–H groups in total. The summed E-state index contributed by atoms with van der Waals surface area (Å²) in [5.41, 5.74) is 7.08. The van der Waals surface area contributed by atoms with Crippen molar-refractivity contribution in [2.75, 3.05) is 0 Å². The Bertz CT molecular complexity index is 1390. The minimum absolute atomic E-state index is 0.0260. The van der Waals surface area contributed by atoms with Gasteiger partial charge in [-0.1, -0.05) is 38.1 Å². The molecule has 0 bridgehead atoms. The second-order valence-corrected chi connectivity index (χ2v) is 9.49. The van der Waals surface area contributed by atoms with Crippen molar-refractivity contribution in [3.63, 3.8) is 0 Å². The molecule has 0 unspecified atom stereocenters. The lowest BCUT2D eigenvalue weighted by molar-refractivity contribution is -0.384. The number of nitrogens with one attached hydrogen (secondary N) is 1. The van der Waals surface area contributed by atoms with E-state index in [2.05, 4.69) is 10.5 Å². The van der Waals surface area contributed by atoms with Gasteiger partial charge in [0.25, 0.3) is 5.69 Å². The van der Waals surface area contributed by atoms with Gasteiger partial charge in [0, 0.05) is 29.7 Å². The van der Waals surface area contributed by atoms with Gasteiger partial charge in [0.15, 0.2) is 0 Å². The van der Waals surface area contributed by atoms with Gasteiger partial charge in [-0.15, -0.1) is 0 Å². The van der Waals surface area contributed by atoms with E-state index >= 15 is 0 Å². The van der Waals surface area contributed by atoms with Crippen LogP contribution in [0.5, 0.6) is 5.75 Å². The molecule has 1 amide bonds. The van der Waals surface area contributed by atoms with Crippen LogP contribution in [0.4, 0.5) is 5.69 Å². The number of rotatable bonds is 7. The summed E-state index contributed by atoms with van der Waals surface area (Å²) in [4.78, 5) is 35.9. The van der Waals surface area contributed by atoms with Crippen LogP contribution < -0.4 is 10.2 Å². The van der Waals surface area contributed by atoms with Gasteiger partial charge < -0.3 is 9.15 Å². The molecule has 1 aromatic heterocycles. The predicted molar refractivity (Wildman–Crippen MR) is 138 cm³/mol. The summed E-state index contributed by atoms with van der Waals surface area (Å²) >= 11 is 0. The summed E-state index contributed by atoms with van der Waals surface area (Å²) in [5, 5.41) is 15.1. The van der Waals surface area contributed by atoms with Gasteiger partial charge in [0.2, 0.25) is 11.7 Å². The molecule has 37 heavy (non-hydrogen) atoms. The van der Waals surface area contributed by atoms with Crippen molar-refractivity contribution in [1.82, 2.24) is 5.43 Å². The van der Waals surface area contributed by atoms with E-state index in [0.717, 1.165) is 23.1 Å². The molecule has 0 spiro atoms. The molecule has 192 valence electrons. The number of ether oxygens (including phenoxy) is 1. The van der Waals surface area contributed by atoms with E-state index in [4.69, 9.17) is 9.15 Å². The fourth-order valence-electron chi connectivity index (χ4n) is 4.42. The Kier molecular flexibility index (Phi) is 7.52. The number of fused-ring (bicyclic) bond motifs is 1. The number of benzene rings is 2. The molecule has 1 heterocycles. The number of esters is 1. The molecule has 0 fully saturated rings. The number of carbonyl (C=O) groups is 2. The minimum atomic E-state index is -0.569. The number of hydrogen-bond acceptors (Lipinski definition) is 7. The largest absolute Gasteiger partial charge is 0.453 e. The van der Waals surface area contributed by atoms with Crippen LogP contribution in [0.2, 0.25) is 0 Å². The molecule has 0 aliphatic heterocycles. The summed E-state index contributed by atoms with van der Waals surface area (Å²) in [6.45, 7) is 7.81. The average molecular weight is 504 g/mol. The van der Waals surface area contributed by atoms with Crippen LogP contribution in [0.25, 0.3) is 0 Å². The van der Waals surface area contributed by atoms with E-state index in [0.29, 0.717) is 41.2 Å². The first-order chi connectivity index (χ1) is 17.6. The number of hydrazone groups is 1. The van der Waals surface area contributed by atoms with Crippen molar-refractivity contribution in [1.29, 1.82) is 0 Å². The highest BCUT2D eigenvalue weighted by Crippen LogP contribution is 2.32.